The molecule has 2 heterocycles. The van der Waals surface area contributed by atoms with Crippen LogP contribution in [0.15, 0.2) is 17.0 Å². The van der Waals surface area contributed by atoms with E-state index in [4.69, 9.17) is 5.73 Å². The van der Waals surface area contributed by atoms with Crippen LogP contribution in [-0.4, -0.2) is 24.7 Å². The number of nitrogens with one attached hydrogen (secondary N) is 1. The number of sulfonamides is 1. The van der Waals surface area contributed by atoms with Gasteiger partial charge in [0, 0.05) is 22.8 Å². The number of hydrogen-bond acceptors (Lipinski definition) is 5. The number of thiophene rings is 1. The van der Waals surface area contributed by atoms with Crippen molar-refractivity contribution in [3.8, 4) is 0 Å². The van der Waals surface area contributed by atoms with Gasteiger partial charge in [0.05, 0.1) is 17.9 Å². The van der Waals surface area contributed by atoms with Crippen molar-refractivity contribution >= 4 is 21.4 Å². The van der Waals surface area contributed by atoms with Crippen molar-refractivity contribution in [2.24, 2.45) is 5.73 Å². The molecule has 2 aromatic heterocycles. The van der Waals surface area contributed by atoms with Gasteiger partial charge in [0.15, 0.2) is 0 Å². The molecule has 8 heteroatoms. The summed E-state index contributed by atoms with van der Waals surface area (Å²) < 4.78 is 29.2. The fraction of sp³-hybridized carbons (Fsp3) is 0.462. The van der Waals surface area contributed by atoms with Crippen LogP contribution in [0, 0.1) is 20.8 Å². The minimum Gasteiger partial charge on any atom is -0.329 e. The van der Waals surface area contributed by atoms with E-state index in [2.05, 4.69) is 9.82 Å². The molecular weight excluding hydrogens is 308 g/mol. The molecule has 0 saturated heterocycles. The molecule has 3 N–H and O–H groups in total. The van der Waals surface area contributed by atoms with Gasteiger partial charge >= 0.3 is 0 Å². The van der Waals surface area contributed by atoms with E-state index >= 15 is 0 Å². The molecule has 0 unspecified atom stereocenters. The second-order valence-electron chi connectivity index (χ2n) is 4.85. The van der Waals surface area contributed by atoms with Crippen molar-refractivity contribution in [1.82, 2.24) is 14.5 Å². The third-order valence-corrected chi connectivity index (χ3v) is 5.81. The SMILES string of the molecule is Cc1ccc(CNS(=O)(=O)c2c(C)nn(CCN)c2C)s1. The number of aromatic nitrogens is 2. The molecule has 0 amide bonds. The molecule has 0 fully saturated rings. The van der Waals surface area contributed by atoms with Crippen molar-refractivity contribution in [3.63, 3.8) is 0 Å². The number of nitrogens with zero attached hydrogens (tertiary/aromatic N) is 2. The van der Waals surface area contributed by atoms with E-state index < -0.39 is 10.0 Å². The Labute approximate surface area is 129 Å². The Morgan fingerprint density at radius 1 is 1.33 bits per heavy atom. The highest BCUT2D eigenvalue weighted by Crippen LogP contribution is 2.20. The first kappa shape index (κ1) is 16.2. The van der Waals surface area contributed by atoms with Crippen molar-refractivity contribution < 1.29 is 8.42 Å². The van der Waals surface area contributed by atoms with Crippen LogP contribution < -0.4 is 10.5 Å². The minimum atomic E-state index is -3.58. The fourth-order valence-corrected chi connectivity index (χ4v) is 4.56. The lowest BCUT2D eigenvalue weighted by Crippen LogP contribution is -2.24. The fourth-order valence-electron chi connectivity index (χ4n) is 2.23. The molecule has 0 radical (unpaired) electrons. The highest BCUT2D eigenvalue weighted by Gasteiger charge is 2.24. The van der Waals surface area contributed by atoms with E-state index in [1.807, 2.05) is 19.1 Å². The predicted octanol–water partition coefficient (Wildman–Crippen LogP) is 1.31. The van der Waals surface area contributed by atoms with E-state index in [-0.39, 0.29) is 4.90 Å². The Morgan fingerprint density at radius 2 is 2.05 bits per heavy atom. The molecule has 0 aliphatic heterocycles. The first-order valence-corrected chi connectivity index (χ1v) is 8.94. The lowest BCUT2D eigenvalue weighted by atomic mass is 10.4. The zero-order chi connectivity index (χ0) is 15.6. The van der Waals surface area contributed by atoms with Gasteiger partial charge in [0.25, 0.3) is 0 Å². The summed E-state index contributed by atoms with van der Waals surface area (Å²) in [7, 11) is -3.58. The summed E-state index contributed by atoms with van der Waals surface area (Å²) in [5.41, 5.74) is 6.62. The third kappa shape index (κ3) is 3.52. The van der Waals surface area contributed by atoms with Gasteiger partial charge in [-0.25, -0.2) is 13.1 Å². The molecule has 2 rings (SSSR count). The van der Waals surface area contributed by atoms with Crippen molar-refractivity contribution in [2.75, 3.05) is 6.54 Å². The smallest absolute Gasteiger partial charge is 0.244 e. The second-order valence-corrected chi connectivity index (χ2v) is 7.92. The molecule has 0 spiro atoms. The highest BCUT2D eigenvalue weighted by molar-refractivity contribution is 7.89. The molecule has 0 bridgehead atoms. The van der Waals surface area contributed by atoms with E-state index in [0.717, 1.165) is 9.75 Å². The van der Waals surface area contributed by atoms with E-state index in [1.165, 1.54) is 0 Å². The maximum absolute atomic E-state index is 12.5. The van der Waals surface area contributed by atoms with E-state index in [9.17, 15) is 8.42 Å². The first-order valence-electron chi connectivity index (χ1n) is 6.64. The minimum absolute atomic E-state index is 0.254. The zero-order valence-corrected chi connectivity index (χ0v) is 14.0. The van der Waals surface area contributed by atoms with Gasteiger partial charge in [-0.1, -0.05) is 0 Å². The Bertz CT molecular complexity index is 731. The summed E-state index contributed by atoms with van der Waals surface area (Å²) in [6, 6.07) is 3.91. The van der Waals surface area contributed by atoms with Gasteiger partial charge < -0.3 is 5.73 Å². The largest absolute Gasteiger partial charge is 0.329 e. The van der Waals surface area contributed by atoms with Gasteiger partial charge in [-0.3, -0.25) is 4.68 Å². The van der Waals surface area contributed by atoms with Crippen LogP contribution in [0.25, 0.3) is 0 Å². The molecule has 116 valence electrons. The number of aryl methyl sites for hydroxylation is 2. The Morgan fingerprint density at radius 3 is 2.62 bits per heavy atom. The quantitative estimate of drug-likeness (QED) is 0.836. The average Bonchev–Trinajstić information content (AvgIpc) is 2.93. The van der Waals surface area contributed by atoms with Crippen LogP contribution >= 0.6 is 11.3 Å². The molecule has 0 aliphatic rings. The second kappa shape index (κ2) is 6.27. The highest BCUT2D eigenvalue weighted by atomic mass is 32.2. The predicted molar refractivity (Wildman–Crippen MR) is 83.8 cm³/mol. The lowest BCUT2D eigenvalue weighted by molar-refractivity contribution is 0.577. The molecular formula is C13H20N4O2S2. The summed E-state index contributed by atoms with van der Waals surface area (Å²) in [5, 5.41) is 4.25. The van der Waals surface area contributed by atoms with Crippen molar-refractivity contribution in [2.45, 2.75) is 38.8 Å². The van der Waals surface area contributed by atoms with Crippen LogP contribution in [0.5, 0.6) is 0 Å². The standard InChI is InChI=1S/C13H20N4O2S2/c1-9-4-5-12(20-9)8-15-21(18,19)13-10(2)16-17(7-6-14)11(13)3/h4-5,15H,6-8,14H2,1-3H3. The lowest BCUT2D eigenvalue weighted by Gasteiger charge is -2.07. The maximum atomic E-state index is 12.5. The van der Waals surface area contributed by atoms with Crippen LogP contribution in [0.1, 0.15) is 21.1 Å². The molecule has 0 saturated carbocycles. The van der Waals surface area contributed by atoms with Crippen LogP contribution in [-0.2, 0) is 23.1 Å². The van der Waals surface area contributed by atoms with Crippen molar-refractivity contribution in [3.05, 3.63) is 33.3 Å². The van der Waals surface area contributed by atoms with Crippen molar-refractivity contribution in [1.29, 1.82) is 0 Å². The average molecular weight is 328 g/mol. The first-order chi connectivity index (χ1) is 9.85. The Balaban J connectivity index is 2.23. The van der Waals surface area contributed by atoms with E-state index in [1.54, 1.807) is 29.9 Å². The number of rotatable bonds is 6. The van der Waals surface area contributed by atoms with E-state index in [0.29, 0.717) is 31.0 Å². The van der Waals surface area contributed by atoms with Crippen LogP contribution in [0.3, 0.4) is 0 Å². The molecule has 0 aromatic carbocycles. The molecule has 0 aliphatic carbocycles. The Hall–Kier alpha value is -1.22. The van der Waals surface area contributed by atoms with Crippen LogP contribution in [0.4, 0.5) is 0 Å². The summed E-state index contributed by atoms with van der Waals surface area (Å²) in [5.74, 6) is 0. The van der Waals surface area contributed by atoms with Gasteiger partial charge in [0.1, 0.15) is 4.90 Å². The summed E-state index contributed by atoms with van der Waals surface area (Å²) in [6.07, 6.45) is 0. The molecule has 21 heavy (non-hydrogen) atoms. The van der Waals surface area contributed by atoms with Crippen LogP contribution in [0.2, 0.25) is 0 Å². The summed E-state index contributed by atoms with van der Waals surface area (Å²) in [6.45, 7) is 6.66. The van der Waals surface area contributed by atoms with Gasteiger partial charge in [0.2, 0.25) is 10.0 Å². The summed E-state index contributed by atoms with van der Waals surface area (Å²) >= 11 is 1.58. The number of hydrogen-bond donors (Lipinski definition) is 2. The number of nitrogens with two attached hydrogens (primary N) is 1. The Kier molecular flexibility index (Phi) is 4.82. The van der Waals surface area contributed by atoms with Gasteiger partial charge in [-0.2, -0.15) is 5.10 Å². The third-order valence-electron chi connectivity index (χ3n) is 3.16. The van der Waals surface area contributed by atoms with Gasteiger partial charge in [-0.15, -0.1) is 11.3 Å². The van der Waals surface area contributed by atoms with Gasteiger partial charge in [-0.05, 0) is 32.9 Å². The zero-order valence-electron chi connectivity index (χ0n) is 12.4. The molecule has 2 aromatic rings. The monoisotopic (exact) mass is 328 g/mol. The summed E-state index contributed by atoms with van der Waals surface area (Å²) in [4.78, 5) is 2.40. The maximum Gasteiger partial charge on any atom is 0.244 e. The molecule has 0 atom stereocenters. The topological polar surface area (TPSA) is 90.0 Å². The molecule has 6 nitrogen and oxygen atoms in total. The normalized spacial score (nSPS) is 12.0.